The number of carbonyl (C=O) groups is 4. The molecule has 0 rings (SSSR count). The number of phosphoric ester groups is 2. The first-order chi connectivity index (χ1) is 45.4. The monoisotopic (exact) mass is 1380 g/mol. The van der Waals surface area contributed by atoms with Crippen molar-refractivity contribution >= 4 is 39.5 Å². The number of phosphoric acid groups is 2. The number of hydrogen-bond acceptors (Lipinski definition) is 15. The highest BCUT2D eigenvalue weighted by Gasteiger charge is 2.30. The number of unbranched alkanes of at least 4 members (excludes halogenated alkanes) is 42. The summed E-state index contributed by atoms with van der Waals surface area (Å²) in [5, 5.41) is 10.6. The Morgan fingerprint density at radius 2 is 0.511 bits per heavy atom. The lowest BCUT2D eigenvalue weighted by Gasteiger charge is -2.21. The van der Waals surface area contributed by atoms with Gasteiger partial charge in [-0.1, -0.05) is 337 Å². The SMILES string of the molecule is CCCCCCCCCCCCCCCCCCCCC(=O)O[C@H](COC(=O)CCCCCCCCCCCCC(C)CC)COP(=O)(O)OC[C@@H](O)COP(=O)(O)OC[C@@H](COC(=O)CCCCCCCCCCCC)OC(=O)CCCCCCCCCCC(C)CC. The van der Waals surface area contributed by atoms with Crippen molar-refractivity contribution < 1.29 is 80.2 Å². The number of aliphatic hydroxyl groups excluding tert-OH is 1. The molecule has 0 aliphatic heterocycles. The summed E-state index contributed by atoms with van der Waals surface area (Å²) in [6.45, 7) is 9.61. The highest BCUT2D eigenvalue weighted by molar-refractivity contribution is 7.47. The molecule has 0 saturated carbocycles. The summed E-state index contributed by atoms with van der Waals surface area (Å²) >= 11 is 0. The Kier molecular flexibility index (Phi) is 65.5. The Morgan fingerprint density at radius 1 is 0.298 bits per heavy atom. The molecule has 0 fully saturated rings. The van der Waals surface area contributed by atoms with E-state index in [0.717, 1.165) is 102 Å². The molecule has 17 nitrogen and oxygen atoms in total. The number of carbonyl (C=O) groups excluding carboxylic acids is 4. The van der Waals surface area contributed by atoms with Gasteiger partial charge >= 0.3 is 39.5 Å². The minimum atomic E-state index is -4.96. The van der Waals surface area contributed by atoms with Crippen LogP contribution in [0.15, 0.2) is 0 Å². The van der Waals surface area contributed by atoms with Crippen molar-refractivity contribution in [1.29, 1.82) is 0 Å². The van der Waals surface area contributed by atoms with Crippen LogP contribution < -0.4 is 0 Å². The minimum Gasteiger partial charge on any atom is -0.462 e. The van der Waals surface area contributed by atoms with Crippen LogP contribution >= 0.6 is 15.6 Å². The van der Waals surface area contributed by atoms with Crippen molar-refractivity contribution in [2.45, 2.75) is 407 Å². The second-order valence-electron chi connectivity index (χ2n) is 27.5. The third kappa shape index (κ3) is 66.0. The zero-order valence-electron chi connectivity index (χ0n) is 61.3. The van der Waals surface area contributed by atoms with Crippen LogP contribution in [0.5, 0.6) is 0 Å². The fraction of sp³-hybridized carbons (Fsp3) is 0.947. The Labute approximate surface area is 575 Å². The van der Waals surface area contributed by atoms with E-state index in [1.807, 2.05) is 0 Å². The second kappa shape index (κ2) is 66.9. The molecule has 7 atom stereocenters. The van der Waals surface area contributed by atoms with E-state index in [9.17, 15) is 43.2 Å². The van der Waals surface area contributed by atoms with Gasteiger partial charge in [0.25, 0.3) is 0 Å². The van der Waals surface area contributed by atoms with E-state index >= 15 is 0 Å². The maximum absolute atomic E-state index is 13.1. The topological polar surface area (TPSA) is 237 Å². The van der Waals surface area contributed by atoms with Crippen LogP contribution in [-0.2, 0) is 65.4 Å². The zero-order chi connectivity index (χ0) is 69.3. The second-order valence-corrected chi connectivity index (χ2v) is 30.4. The zero-order valence-corrected chi connectivity index (χ0v) is 63.1. The molecule has 0 aliphatic rings. The van der Waals surface area contributed by atoms with Crippen molar-refractivity contribution in [1.82, 2.24) is 0 Å². The number of hydrogen-bond donors (Lipinski definition) is 3. The van der Waals surface area contributed by atoms with Crippen molar-refractivity contribution in [3.8, 4) is 0 Å². The number of aliphatic hydroxyl groups is 1. The van der Waals surface area contributed by atoms with E-state index in [0.29, 0.717) is 25.7 Å². The Bertz CT molecular complexity index is 1820. The standard InChI is InChI=1S/C75H146O17P2/c1-7-11-13-15-17-19-21-22-23-24-25-26-27-28-34-41-47-53-59-74(79)91-70(63-86-73(78)58-52-46-40-33-30-29-31-37-43-49-55-67(5)9-3)65-89-93(81,82)87-61-69(76)62-88-94(83,84)90-66-71(64-85-72(77)57-51-45-39-32-20-18-16-14-12-8-2)92-75(80)60-54-48-42-36-35-38-44-50-56-68(6)10-4/h67-71,76H,7-66H2,1-6H3,(H,81,82)(H,83,84)/t67?,68?,69-,70-,71-/m1/s1. The summed E-state index contributed by atoms with van der Waals surface area (Å²) in [5.74, 6) is -0.539. The van der Waals surface area contributed by atoms with E-state index in [1.54, 1.807) is 0 Å². The van der Waals surface area contributed by atoms with Crippen LogP contribution in [0.1, 0.15) is 388 Å². The molecule has 0 spiro atoms. The van der Waals surface area contributed by atoms with Gasteiger partial charge in [0.15, 0.2) is 12.2 Å². The Morgan fingerprint density at radius 3 is 0.755 bits per heavy atom. The molecule has 0 aromatic heterocycles. The highest BCUT2D eigenvalue weighted by atomic mass is 31.2. The van der Waals surface area contributed by atoms with Gasteiger partial charge in [-0.25, -0.2) is 9.13 Å². The first kappa shape index (κ1) is 92.1. The predicted molar refractivity (Wildman–Crippen MR) is 381 cm³/mol. The largest absolute Gasteiger partial charge is 0.472 e. The molecule has 0 radical (unpaired) electrons. The predicted octanol–water partition coefficient (Wildman–Crippen LogP) is 21.9. The van der Waals surface area contributed by atoms with Crippen LogP contribution in [0.4, 0.5) is 0 Å². The molecule has 19 heteroatoms. The molecule has 0 amide bonds. The van der Waals surface area contributed by atoms with Gasteiger partial charge in [0.05, 0.1) is 26.4 Å². The van der Waals surface area contributed by atoms with Gasteiger partial charge in [-0.05, 0) is 37.5 Å². The molecule has 0 aromatic rings. The molecule has 94 heavy (non-hydrogen) atoms. The molecule has 0 heterocycles. The summed E-state index contributed by atoms with van der Waals surface area (Å²) < 4.78 is 68.5. The lowest BCUT2D eigenvalue weighted by atomic mass is 9.99. The average Bonchev–Trinajstić information content (AvgIpc) is 1.58. The average molecular weight is 1380 g/mol. The van der Waals surface area contributed by atoms with Gasteiger partial charge in [0.1, 0.15) is 19.3 Å². The molecule has 0 saturated heterocycles. The lowest BCUT2D eigenvalue weighted by molar-refractivity contribution is -0.161. The highest BCUT2D eigenvalue weighted by Crippen LogP contribution is 2.45. The van der Waals surface area contributed by atoms with Crippen molar-refractivity contribution in [2.75, 3.05) is 39.6 Å². The fourth-order valence-electron chi connectivity index (χ4n) is 11.4. The van der Waals surface area contributed by atoms with Crippen LogP contribution in [-0.4, -0.2) is 96.7 Å². The van der Waals surface area contributed by atoms with Gasteiger partial charge in [-0.15, -0.1) is 0 Å². The summed E-state index contributed by atoms with van der Waals surface area (Å²) in [5.41, 5.74) is 0. The van der Waals surface area contributed by atoms with Crippen molar-refractivity contribution in [2.24, 2.45) is 11.8 Å². The number of esters is 4. The van der Waals surface area contributed by atoms with E-state index < -0.39 is 97.5 Å². The molecular weight excluding hydrogens is 1230 g/mol. The van der Waals surface area contributed by atoms with Gasteiger partial charge < -0.3 is 33.8 Å². The van der Waals surface area contributed by atoms with Gasteiger partial charge in [0, 0.05) is 25.7 Å². The third-order valence-corrected chi connectivity index (χ3v) is 20.1. The smallest absolute Gasteiger partial charge is 0.462 e. The summed E-state index contributed by atoms with van der Waals surface area (Å²) in [6.07, 6.45) is 53.9. The maximum Gasteiger partial charge on any atom is 0.472 e. The first-order valence-electron chi connectivity index (χ1n) is 39.1. The van der Waals surface area contributed by atoms with E-state index in [4.69, 9.17) is 37.0 Å². The van der Waals surface area contributed by atoms with Crippen molar-refractivity contribution in [3.63, 3.8) is 0 Å². The maximum atomic E-state index is 13.1. The first-order valence-corrected chi connectivity index (χ1v) is 42.1. The minimum absolute atomic E-state index is 0.105. The normalized spacial score (nSPS) is 14.6. The third-order valence-electron chi connectivity index (χ3n) is 18.2. The van der Waals surface area contributed by atoms with Gasteiger partial charge in [0.2, 0.25) is 0 Å². The van der Waals surface area contributed by atoms with E-state index in [1.165, 1.54) is 205 Å². The van der Waals surface area contributed by atoms with Crippen LogP contribution in [0, 0.1) is 11.8 Å². The molecule has 0 aromatic carbocycles. The number of rotatable bonds is 74. The fourth-order valence-corrected chi connectivity index (χ4v) is 13.0. The lowest BCUT2D eigenvalue weighted by Crippen LogP contribution is -2.30. The summed E-state index contributed by atoms with van der Waals surface area (Å²) in [4.78, 5) is 72.8. The van der Waals surface area contributed by atoms with Crippen LogP contribution in [0.3, 0.4) is 0 Å². The van der Waals surface area contributed by atoms with Gasteiger partial charge in [-0.2, -0.15) is 0 Å². The molecule has 558 valence electrons. The van der Waals surface area contributed by atoms with E-state index in [2.05, 4.69) is 41.5 Å². The number of ether oxygens (including phenoxy) is 4. The molecular formula is C75H146O17P2. The molecule has 0 aliphatic carbocycles. The van der Waals surface area contributed by atoms with Crippen LogP contribution in [0.25, 0.3) is 0 Å². The summed E-state index contributed by atoms with van der Waals surface area (Å²) in [6, 6.07) is 0. The van der Waals surface area contributed by atoms with Crippen LogP contribution in [0.2, 0.25) is 0 Å². The van der Waals surface area contributed by atoms with Crippen molar-refractivity contribution in [3.05, 3.63) is 0 Å². The molecule has 4 unspecified atom stereocenters. The van der Waals surface area contributed by atoms with E-state index in [-0.39, 0.29) is 25.7 Å². The van der Waals surface area contributed by atoms with Gasteiger partial charge in [-0.3, -0.25) is 37.3 Å². The summed E-state index contributed by atoms with van der Waals surface area (Å²) in [7, 11) is -9.91. The quantitative estimate of drug-likeness (QED) is 0.0222. The Balaban J connectivity index is 5.25. The molecule has 3 N–H and O–H groups in total. The Hall–Kier alpha value is -1.94. The molecule has 0 bridgehead atoms.